The molecule has 0 saturated heterocycles. The number of nitrogens with one attached hydrogen (secondary N) is 1. The van der Waals surface area contributed by atoms with E-state index < -0.39 is 0 Å². The number of ether oxygens (including phenoxy) is 1. The number of hydrogen-bond acceptors (Lipinski definition) is 2. The fourth-order valence-electron chi connectivity index (χ4n) is 2.27. The summed E-state index contributed by atoms with van der Waals surface area (Å²) in [5.74, 6) is 0.770. The Labute approximate surface area is 125 Å². The van der Waals surface area contributed by atoms with E-state index in [0.29, 0.717) is 11.6 Å². The maximum Gasteiger partial charge on any atom is 0.142 e. The summed E-state index contributed by atoms with van der Waals surface area (Å²) >= 11 is 6.26. The molecule has 2 nitrogen and oxygen atoms in total. The zero-order chi connectivity index (χ0) is 14.5. The van der Waals surface area contributed by atoms with Gasteiger partial charge >= 0.3 is 0 Å². The highest BCUT2D eigenvalue weighted by Gasteiger charge is 2.10. The van der Waals surface area contributed by atoms with Gasteiger partial charge in [0.2, 0.25) is 0 Å². The monoisotopic (exact) mass is 289 g/mol. The summed E-state index contributed by atoms with van der Waals surface area (Å²) in [6, 6.07) is 12.1. The van der Waals surface area contributed by atoms with Crippen LogP contribution in [-0.2, 0) is 13.2 Å². The van der Waals surface area contributed by atoms with Gasteiger partial charge in [0, 0.05) is 12.1 Å². The van der Waals surface area contributed by atoms with Crippen molar-refractivity contribution in [1.82, 2.24) is 5.32 Å². The van der Waals surface area contributed by atoms with E-state index in [1.165, 1.54) is 16.7 Å². The smallest absolute Gasteiger partial charge is 0.142 e. The normalized spacial score (nSPS) is 10.6. The highest BCUT2D eigenvalue weighted by Crippen LogP contribution is 2.30. The maximum atomic E-state index is 6.26. The molecule has 0 aliphatic carbocycles. The van der Waals surface area contributed by atoms with E-state index in [-0.39, 0.29) is 0 Å². The Morgan fingerprint density at radius 2 is 1.70 bits per heavy atom. The van der Waals surface area contributed by atoms with E-state index in [1.54, 1.807) is 0 Å². The molecule has 1 N–H and O–H groups in total. The van der Waals surface area contributed by atoms with E-state index in [1.807, 2.05) is 25.2 Å². The maximum absolute atomic E-state index is 6.26. The van der Waals surface area contributed by atoms with Gasteiger partial charge in [-0.15, -0.1) is 0 Å². The van der Waals surface area contributed by atoms with Crippen LogP contribution in [0.4, 0.5) is 0 Å². The lowest BCUT2D eigenvalue weighted by atomic mass is 10.0. The molecule has 0 radical (unpaired) electrons. The van der Waals surface area contributed by atoms with Crippen molar-refractivity contribution < 1.29 is 4.74 Å². The summed E-state index contributed by atoms with van der Waals surface area (Å²) in [7, 11) is 1.91. The largest absolute Gasteiger partial charge is 0.487 e. The fourth-order valence-corrected chi connectivity index (χ4v) is 2.51. The van der Waals surface area contributed by atoms with Crippen LogP contribution in [-0.4, -0.2) is 7.05 Å². The predicted octanol–water partition coefficient (Wildman–Crippen LogP) is 4.26. The number of aryl methyl sites for hydroxylation is 2. The number of hydrogen-bond donors (Lipinski definition) is 1. The molecule has 2 aromatic carbocycles. The molecule has 2 rings (SSSR count). The Balaban J connectivity index is 2.23. The Bertz CT molecular complexity index is 575. The van der Waals surface area contributed by atoms with Crippen LogP contribution >= 0.6 is 11.6 Å². The first-order chi connectivity index (χ1) is 9.63. The lowest BCUT2D eigenvalue weighted by molar-refractivity contribution is 0.301. The molecule has 0 spiro atoms. The molecule has 0 aliphatic rings. The second kappa shape index (κ2) is 6.78. The van der Waals surface area contributed by atoms with Crippen LogP contribution in [0.1, 0.15) is 22.3 Å². The summed E-state index contributed by atoms with van der Waals surface area (Å²) in [4.78, 5) is 0. The molecule has 0 heterocycles. The van der Waals surface area contributed by atoms with Gasteiger partial charge in [-0.05, 0) is 43.7 Å². The Morgan fingerprint density at radius 1 is 1.05 bits per heavy atom. The highest BCUT2D eigenvalue weighted by atomic mass is 35.5. The Kier molecular flexibility index (Phi) is 5.05. The molecule has 0 amide bonds. The third-order valence-electron chi connectivity index (χ3n) is 3.42. The third-order valence-corrected chi connectivity index (χ3v) is 3.72. The standard InChI is InChI=1S/C17H20ClNO/c1-12-6-4-7-13(2)15(12)11-20-17-14(10-19-3)8-5-9-16(17)18/h4-9,19H,10-11H2,1-3H3. The van der Waals surface area contributed by atoms with Gasteiger partial charge < -0.3 is 10.1 Å². The minimum absolute atomic E-state index is 0.541. The average molecular weight is 290 g/mol. The lowest BCUT2D eigenvalue weighted by Gasteiger charge is -2.15. The predicted molar refractivity (Wildman–Crippen MR) is 84.5 cm³/mol. The number of para-hydroxylation sites is 1. The molecule has 106 valence electrons. The molecule has 3 heteroatoms. The van der Waals surface area contributed by atoms with Crippen molar-refractivity contribution >= 4 is 11.6 Å². The van der Waals surface area contributed by atoms with Crippen molar-refractivity contribution in [2.45, 2.75) is 27.0 Å². The minimum Gasteiger partial charge on any atom is -0.487 e. The number of halogens is 1. The van der Waals surface area contributed by atoms with Gasteiger partial charge in [-0.3, -0.25) is 0 Å². The molecule has 0 aromatic heterocycles. The number of benzene rings is 2. The van der Waals surface area contributed by atoms with Gasteiger partial charge in [-0.2, -0.15) is 0 Å². The second-order valence-corrected chi connectivity index (χ2v) is 5.32. The zero-order valence-corrected chi connectivity index (χ0v) is 12.9. The summed E-state index contributed by atoms with van der Waals surface area (Å²) in [5.41, 5.74) is 4.79. The van der Waals surface area contributed by atoms with Gasteiger partial charge in [0.05, 0.1) is 5.02 Å². The zero-order valence-electron chi connectivity index (χ0n) is 12.2. The molecule has 0 atom stereocenters. The van der Waals surface area contributed by atoms with Crippen molar-refractivity contribution in [1.29, 1.82) is 0 Å². The highest BCUT2D eigenvalue weighted by molar-refractivity contribution is 6.32. The Hall–Kier alpha value is -1.51. The summed E-state index contributed by atoms with van der Waals surface area (Å²) < 4.78 is 6.00. The molecule has 2 aromatic rings. The van der Waals surface area contributed by atoms with Crippen molar-refractivity contribution in [2.24, 2.45) is 0 Å². The van der Waals surface area contributed by atoms with Crippen LogP contribution in [0.5, 0.6) is 5.75 Å². The first-order valence-corrected chi connectivity index (χ1v) is 7.11. The molecular weight excluding hydrogens is 270 g/mol. The molecule has 0 fully saturated rings. The summed E-state index contributed by atoms with van der Waals surface area (Å²) in [5, 5.41) is 3.79. The van der Waals surface area contributed by atoms with Crippen LogP contribution in [0.25, 0.3) is 0 Å². The van der Waals surface area contributed by atoms with Crippen LogP contribution < -0.4 is 10.1 Å². The van der Waals surface area contributed by atoms with Gasteiger partial charge in [-0.1, -0.05) is 41.9 Å². The summed E-state index contributed by atoms with van der Waals surface area (Å²) in [6.07, 6.45) is 0. The fraction of sp³-hybridized carbons (Fsp3) is 0.294. The topological polar surface area (TPSA) is 21.3 Å². The third kappa shape index (κ3) is 3.33. The van der Waals surface area contributed by atoms with Crippen LogP contribution in [0.3, 0.4) is 0 Å². The van der Waals surface area contributed by atoms with Gasteiger partial charge in [0.25, 0.3) is 0 Å². The van der Waals surface area contributed by atoms with E-state index in [9.17, 15) is 0 Å². The van der Waals surface area contributed by atoms with E-state index >= 15 is 0 Å². The van der Waals surface area contributed by atoms with Crippen molar-refractivity contribution in [2.75, 3.05) is 7.05 Å². The molecule has 20 heavy (non-hydrogen) atoms. The first-order valence-electron chi connectivity index (χ1n) is 6.73. The van der Waals surface area contributed by atoms with Crippen LogP contribution in [0.15, 0.2) is 36.4 Å². The van der Waals surface area contributed by atoms with Gasteiger partial charge in [0.1, 0.15) is 12.4 Å². The van der Waals surface area contributed by atoms with Gasteiger partial charge in [0.15, 0.2) is 0 Å². The molecule has 0 unspecified atom stereocenters. The van der Waals surface area contributed by atoms with E-state index in [0.717, 1.165) is 17.9 Å². The van der Waals surface area contributed by atoms with E-state index in [2.05, 4.69) is 37.4 Å². The average Bonchev–Trinajstić information content (AvgIpc) is 2.41. The minimum atomic E-state index is 0.541. The van der Waals surface area contributed by atoms with Crippen molar-refractivity contribution in [3.05, 3.63) is 63.7 Å². The molecule has 0 aliphatic heterocycles. The second-order valence-electron chi connectivity index (χ2n) is 4.92. The van der Waals surface area contributed by atoms with Crippen molar-refractivity contribution in [3.63, 3.8) is 0 Å². The molecule has 0 saturated carbocycles. The Morgan fingerprint density at radius 3 is 2.35 bits per heavy atom. The lowest BCUT2D eigenvalue weighted by Crippen LogP contribution is -2.08. The van der Waals surface area contributed by atoms with Gasteiger partial charge in [-0.25, -0.2) is 0 Å². The van der Waals surface area contributed by atoms with Crippen LogP contribution in [0, 0.1) is 13.8 Å². The van der Waals surface area contributed by atoms with E-state index in [4.69, 9.17) is 16.3 Å². The SMILES string of the molecule is CNCc1cccc(Cl)c1OCc1c(C)cccc1C. The first kappa shape index (κ1) is 14.9. The molecule has 0 bridgehead atoms. The van der Waals surface area contributed by atoms with Crippen molar-refractivity contribution in [3.8, 4) is 5.75 Å². The summed E-state index contributed by atoms with van der Waals surface area (Å²) in [6.45, 7) is 5.49. The van der Waals surface area contributed by atoms with Crippen LogP contribution in [0.2, 0.25) is 5.02 Å². The quantitative estimate of drug-likeness (QED) is 0.888. The molecular formula is C17H20ClNO. The number of rotatable bonds is 5.